The number of nitrogens with zero attached hydrogens (tertiary/aromatic N) is 4. The second-order valence-electron chi connectivity index (χ2n) is 12.1. The molecule has 238 valence electrons. The maximum Gasteiger partial charge on any atom is 0.238 e. The summed E-state index contributed by atoms with van der Waals surface area (Å²) in [6, 6.07) is 27.5. The van der Waals surface area contributed by atoms with Gasteiger partial charge in [-0.05, 0) is 53.6 Å². The highest BCUT2D eigenvalue weighted by molar-refractivity contribution is 6.14. The molecule has 0 aliphatic rings. The Morgan fingerprint density at radius 1 is 0.451 bits per heavy atom. The zero-order chi connectivity index (χ0) is 41.3. The van der Waals surface area contributed by atoms with Crippen molar-refractivity contribution in [3.8, 4) is 39.9 Å². The van der Waals surface area contributed by atoms with Crippen molar-refractivity contribution in [3.63, 3.8) is 0 Å². The molecule has 4 heterocycles. The Hall–Kier alpha value is -7.05. The summed E-state index contributed by atoms with van der Waals surface area (Å²) in [5, 5.41) is 3.71. The summed E-state index contributed by atoms with van der Waals surface area (Å²) in [5.41, 5.74) is 4.55. The summed E-state index contributed by atoms with van der Waals surface area (Å²) in [4.78, 5) is 15.3. The largest absolute Gasteiger partial charge is 0.456 e. The molecule has 0 atom stereocenters. The molecule has 6 heteroatoms. The van der Waals surface area contributed by atoms with Crippen LogP contribution in [0.5, 0.6) is 0 Å². The van der Waals surface area contributed by atoms with Gasteiger partial charge in [0.25, 0.3) is 0 Å². The Balaban J connectivity index is 1.28. The lowest BCUT2D eigenvalue weighted by Gasteiger charge is -2.12. The van der Waals surface area contributed by atoms with Crippen LogP contribution in [0.2, 0.25) is 0 Å². The van der Waals surface area contributed by atoms with Crippen LogP contribution in [0.3, 0.4) is 0 Å². The van der Waals surface area contributed by atoms with Crippen molar-refractivity contribution in [3.05, 3.63) is 158 Å². The maximum absolute atomic E-state index is 9.27. The summed E-state index contributed by atoms with van der Waals surface area (Å²) in [5.74, 6) is 0.581. The van der Waals surface area contributed by atoms with E-state index in [1.54, 1.807) is 22.8 Å². The van der Waals surface area contributed by atoms with Gasteiger partial charge in [-0.25, -0.2) is 4.98 Å². The molecule has 0 saturated heterocycles. The van der Waals surface area contributed by atoms with Crippen LogP contribution in [0.15, 0.2) is 166 Å². The summed E-state index contributed by atoms with van der Waals surface area (Å²) >= 11 is 0. The summed E-state index contributed by atoms with van der Waals surface area (Å²) in [7, 11) is 0. The van der Waals surface area contributed by atoms with E-state index in [9.17, 15) is 1.37 Å². The fraction of sp³-hybridized carbons (Fsp3) is 0. The molecule has 0 aliphatic carbocycles. The molecule has 0 unspecified atom stereocenters. The molecule has 0 amide bonds. The van der Waals surface area contributed by atoms with E-state index in [4.69, 9.17) is 34.8 Å². The van der Waals surface area contributed by atoms with Gasteiger partial charge in [0.05, 0.1) is 23.4 Å². The molecule has 0 aliphatic heterocycles. The van der Waals surface area contributed by atoms with Gasteiger partial charge in [0.1, 0.15) is 22.3 Å². The Kier molecular flexibility index (Phi) is 4.30. The molecule has 11 rings (SSSR count). The molecular weight excluding hydrogens is 629 g/mol. The van der Waals surface area contributed by atoms with Gasteiger partial charge >= 0.3 is 0 Å². The minimum atomic E-state index is -0.528. The number of para-hydroxylation sites is 3. The van der Waals surface area contributed by atoms with Crippen molar-refractivity contribution >= 4 is 65.7 Å². The number of furan rings is 2. The highest BCUT2D eigenvalue weighted by atomic mass is 16.3. The van der Waals surface area contributed by atoms with E-state index in [1.165, 1.54) is 0 Å². The van der Waals surface area contributed by atoms with Crippen molar-refractivity contribution in [2.24, 2.45) is 0 Å². The minimum absolute atomic E-state index is 0.0461. The van der Waals surface area contributed by atoms with Crippen LogP contribution in [-0.4, -0.2) is 19.5 Å². The van der Waals surface area contributed by atoms with E-state index in [0.29, 0.717) is 44.4 Å². The first-order chi connectivity index (χ1) is 29.0. The van der Waals surface area contributed by atoms with Crippen molar-refractivity contribution in [1.82, 2.24) is 19.5 Å². The average Bonchev–Trinajstić information content (AvgIpc) is 3.96. The van der Waals surface area contributed by atoms with E-state index in [1.807, 2.05) is 84.9 Å². The molecule has 51 heavy (non-hydrogen) atoms. The first-order valence-corrected chi connectivity index (χ1v) is 16.2. The van der Waals surface area contributed by atoms with Gasteiger partial charge < -0.3 is 8.83 Å². The van der Waals surface area contributed by atoms with Crippen LogP contribution in [0.1, 0.15) is 12.3 Å². The molecule has 0 N–H and O–H groups in total. The first-order valence-electron chi connectivity index (χ1n) is 20.7. The molecule has 0 fully saturated rings. The Labute approximate surface area is 303 Å². The van der Waals surface area contributed by atoms with Gasteiger partial charge in [-0.15, -0.1) is 0 Å². The number of benzene rings is 7. The topological polar surface area (TPSA) is 69.9 Å². The highest BCUT2D eigenvalue weighted by Crippen LogP contribution is 2.40. The van der Waals surface area contributed by atoms with Crippen molar-refractivity contribution in [1.29, 1.82) is 0 Å². The van der Waals surface area contributed by atoms with Crippen LogP contribution < -0.4 is 0 Å². The molecular formula is C45H26N4O2. The molecule has 0 bridgehead atoms. The summed E-state index contributed by atoms with van der Waals surface area (Å²) in [6.07, 6.45) is 0. The molecule has 6 nitrogen and oxygen atoms in total. The monoisotopic (exact) mass is 663 g/mol. The Bertz CT molecular complexity index is 3530. The summed E-state index contributed by atoms with van der Waals surface area (Å²) in [6.45, 7) is 0. The van der Waals surface area contributed by atoms with Gasteiger partial charge in [0.15, 0.2) is 11.6 Å². The third-order valence-corrected chi connectivity index (χ3v) is 9.30. The number of aromatic nitrogens is 4. The average molecular weight is 664 g/mol. The number of rotatable bonds is 4. The van der Waals surface area contributed by atoms with E-state index in [-0.39, 0.29) is 51.7 Å². The number of hydrogen-bond donors (Lipinski definition) is 0. The molecule has 11 aromatic rings. The smallest absolute Gasteiger partial charge is 0.238 e. The lowest BCUT2D eigenvalue weighted by Crippen LogP contribution is -2.06. The van der Waals surface area contributed by atoms with Crippen molar-refractivity contribution < 1.29 is 21.2 Å². The predicted octanol–water partition coefficient (Wildman–Crippen LogP) is 11.8. The molecule has 4 aromatic heterocycles. The van der Waals surface area contributed by atoms with Crippen molar-refractivity contribution in [2.75, 3.05) is 0 Å². The van der Waals surface area contributed by atoms with Crippen LogP contribution in [0.4, 0.5) is 0 Å². The SMILES string of the molecule is [2H]c1c([2H])c([2H])c(-c2ccc3c(c2)c2c([2H])c([2H])c([2H])c([2H])c2n3-c2nc(-c3cccc4oc5ccccc5c34)nc(-c3cccc4oc5ccccc5c34)n2)c([2H])c1[2H]. The zero-order valence-corrected chi connectivity index (χ0v) is 26.4. The maximum atomic E-state index is 9.27. The highest BCUT2D eigenvalue weighted by Gasteiger charge is 2.22. The number of fused-ring (bicyclic) bond motifs is 9. The van der Waals surface area contributed by atoms with E-state index >= 15 is 0 Å². The lowest BCUT2D eigenvalue weighted by molar-refractivity contribution is 0.668. The third kappa shape index (κ3) is 4.20. The standard InChI is InChI=1S/C45H26N4O2/c1-2-12-27(13-3-1)28-24-25-36-34(26-28)29-14-4-7-19-35(29)49(36)45-47-43(32-17-10-22-39-41(32)30-15-5-8-20-37(30)50-39)46-44(48-45)33-18-11-23-40-42(33)31-16-6-9-21-38(31)51-40/h1-26H/i1D,2D,3D,4D,7D,12D,13D,14D,19D. The second kappa shape index (κ2) is 10.7. The van der Waals surface area contributed by atoms with Gasteiger partial charge in [0, 0.05) is 43.4 Å². The zero-order valence-electron chi connectivity index (χ0n) is 35.4. The predicted molar refractivity (Wildman–Crippen MR) is 205 cm³/mol. The Morgan fingerprint density at radius 2 is 1.04 bits per heavy atom. The first kappa shape index (κ1) is 20.5. The quantitative estimate of drug-likeness (QED) is 0.187. The molecule has 0 radical (unpaired) electrons. The van der Waals surface area contributed by atoms with E-state index in [0.717, 1.165) is 21.5 Å². The molecule has 7 aromatic carbocycles. The normalized spacial score (nSPS) is 14.4. The van der Waals surface area contributed by atoms with Gasteiger partial charge in [-0.1, -0.05) is 115 Å². The minimum Gasteiger partial charge on any atom is -0.456 e. The van der Waals surface area contributed by atoms with Crippen LogP contribution >= 0.6 is 0 Å². The van der Waals surface area contributed by atoms with E-state index in [2.05, 4.69) is 0 Å². The van der Waals surface area contributed by atoms with Gasteiger partial charge in [0.2, 0.25) is 5.95 Å². The summed E-state index contributed by atoms with van der Waals surface area (Å²) < 4.78 is 92.1. The van der Waals surface area contributed by atoms with Crippen LogP contribution in [0.25, 0.3) is 106 Å². The van der Waals surface area contributed by atoms with Gasteiger partial charge in [-0.2, -0.15) is 9.97 Å². The fourth-order valence-corrected chi connectivity index (χ4v) is 7.11. The fourth-order valence-electron chi connectivity index (χ4n) is 7.11. The molecule has 0 spiro atoms. The van der Waals surface area contributed by atoms with Crippen LogP contribution in [-0.2, 0) is 0 Å². The second-order valence-corrected chi connectivity index (χ2v) is 12.1. The van der Waals surface area contributed by atoms with Gasteiger partial charge in [-0.3, -0.25) is 4.57 Å². The molecule has 0 saturated carbocycles. The van der Waals surface area contributed by atoms with Crippen molar-refractivity contribution in [2.45, 2.75) is 0 Å². The van der Waals surface area contributed by atoms with E-state index < -0.39 is 42.3 Å². The number of hydrogen-bond acceptors (Lipinski definition) is 5. The Morgan fingerprint density at radius 3 is 1.71 bits per heavy atom. The lowest BCUT2D eigenvalue weighted by atomic mass is 10.0. The third-order valence-electron chi connectivity index (χ3n) is 9.30. The van der Waals surface area contributed by atoms with Crippen LogP contribution in [0, 0.1) is 0 Å².